The Morgan fingerprint density at radius 2 is 1.52 bits per heavy atom. The van der Waals surface area contributed by atoms with E-state index in [4.69, 9.17) is 0 Å². The molecule has 16 nitrogen and oxygen atoms in total. The highest BCUT2D eigenvalue weighted by Gasteiger charge is 2.85. The fraction of sp³-hybridized carbons (Fsp3) is 0.837. The average Bonchev–Trinajstić information content (AvgIpc) is 3.62. The summed E-state index contributed by atoms with van der Waals surface area (Å²) in [6, 6.07) is -2.83. The van der Waals surface area contributed by atoms with E-state index in [1.165, 1.54) is 10.5 Å². The maximum absolute atomic E-state index is 15.3. The van der Waals surface area contributed by atoms with Crippen molar-refractivity contribution in [2.75, 3.05) is 59.4 Å². The van der Waals surface area contributed by atoms with Gasteiger partial charge < -0.3 is 25.8 Å². The number of likely N-dealkylation sites (N-methyl/N-ethyl adjacent to an activating group) is 1. The number of carbonyl (C=O) groups is 5. The van der Waals surface area contributed by atoms with Crippen molar-refractivity contribution < 1.29 is 32.4 Å². The summed E-state index contributed by atoms with van der Waals surface area (Å²) in [6.45, 7) is 18.0. The van der Waals surface area contributed by atoms with E-state index in [0.717, 1.165) is 77.5 Å². The first kappa shape index (κ1) is 44.7. The van der Waals surface area contributed by atoms with Crippen LogP contribution in [0.3, 0.4) is 0 Å². The van der Waals surface area contributed by atoms with Crippen LogP contribution >= 0.6 is 0 Å². The number of amides is 5. The van der Waals surface area contributed by atoms with Crippen LogP contribution in [0.4, 0.5) is 0 Å². The van der Waals surface area contributed by atoms with Crippen molar-refractivity contribution in [2.45, 2.75) is 135 Å². The van der Waals surface area contributed by atoms with E-state index < -0.39 is 68.8 Å². The molecule has 0 radical (unpaired) electrons. The van der Waals surface area contributed by atoms with Gasteiger partial charge in [-0.15, -0.1) is 4.67 Å². The number of hydrogen-bond acceptors (Lipinski definition) is 9. The second-order valence-electron chi connectivity index (χ2n) is 20.8. The summed E-state index contributed by atoms with van der Waals surface area (Å²) in [5.74, 6) is -3.05. The van der Waals surface area contributed by atoms with Crippen molar-refractivity contribution in [3.05, 3.63) is 0 Å². The van der Waals surface area contributed by atoms with E-state index in [1.807, 2.05) is 20.8 Å². The van der Waals surface area contributed by atoms with Crippen LogP contribution in [0.5, 0.6) is 0 Å². The highest BCUT2D eigenvalue weighted by molar-refractivity contribution is 7.87. The summed E-state index contributed by atoms with van der Waals surface area (Å²) in [5, 5.41) is 9.16. The molecule has 7 aliphatic rings. The molecule has 17 heteroatoms. The molecule has 0 aromatic rings. The fourth-order valence-corrected chi connectivity index (χ4v) is 13.2. The first-order valence-electron chi connectivity index (χ1n) is 22.5. The highest BCUT2D eigenvalue weighted by atomic mass is 32.2. The summed E-state index contributed by atoms with van der Waals surface area (Å²) in [7, 11) is -2.08. The zero-order chi connectivity index (χ0) is 43.5. The van der Waals surface area contributed by atoms with Gasteiger partial charge in [-0.25, -0.2) is 4.72 Å². The van der Waals surface area contributed by atoms with Gasteiger partial charge in [-0.3, -0.25) is 28.9 Å². The molecule has 0 aromatic carbocycles. The van der Waals surface area contributed by atoms with Crippen molar-refractivity contribution in [1.82, 2.24) is 44.3 Å². The molecule has 3 saturated heterocycles. The summed E-state index contributed by atoms with van der Waals surface area (Å²) in [5.41, 5.74) is -2.91. The molecular formula is C43H70N9O7S+. The Balaban J connectivity index is 1.14. The molecular weight excluding hydrogens is 787 g/mol. The van der Waals surface area contributed by atoms with Gasteiger partial charge in [0.25, 0.3) is 18.8 Å². The predicted octanol–water partition coefficient (Wildman–Crippen LogP) is 0.798. The minimum Gasteiger partial charge on any atom is -0.343 e. The largest absolute Gasteiger partial charge is 0.343 e. The summed E-state index contributed by atoms with van der Waals surface area (Å²) in [6.07, 6.45) is 11.0. The lowest BCUT2D eigenvalue weighted by atomic mass is 9.73. The third kappa shape index (κ3) is 7.94. The van der Waals surface area contributed by atoms with Gasteiger partial charge in [0.05, 0.1) is 12.5 Å². The minimum absolute atomic E-state index is 0.0321. The average molecular weight is 857 g/mol. The second-order valence-corrected chi connectivity index (χ2v) is 22.5. The molecule has 0 aromatic heterocycles. The van der Waals surface area contributed by atoms with Gasteiger partial charge in [0, 0.05) is 51.2 Å². The molecule has 7 fully saturated rings. The zero-order valence-corrected chi connectivity index (χ0v) is 37.6. The molecule has 4 saturated carbocycles. The lowest BCUT2D eigenvalue weighted by molar-refractivity contribution is -0.145. The Morgan fingerprint density at radius 3 is 2.08 bits per heavy atom. The molecule has 4 N–H and O–H groups in total. The number of hydrogen-bond donors (Lipinski definition) is 4. The zero-order valence-electron chi connectivity index (χ0n) is 36.8. The molecule has 5 amide bonds. The molecule has 6 unspecified atom stereocenters. The SMILES string of the molecule is C=[N+]=CC1CC1(NC(=O)C1CC2(CN1C(=O)C(NC(=O)C(NC(=O)CN1CCN(C)CC1)C1CCCCC1)C(C)(C)C)C(C)(C)C21CCC1)C(=O)NS(=O)(=O)N1CCCC1. The van der Waals surface area contributed by atoms with Crippen LogP contribution in [-0.2, 0) is 34.2 Å². The van der Waals surface area contributed by atoms with Crippen LogP contribution in [0, 0.1) is 33.5 Å². The smallest absolute Gasteiger partial charge is 0.303 e. The van der Waals surface area contributed by atoms with Crippen LogP contribution in [-0.4, -0.2) is 153 Å². The maximum atomic E-state index is 15.3. The van der Waals surface area contributed by atoms with Crippen LogP contribution in [0.15, 0.2) is 0 Å². The normalized spacial score (nSPS) is 31.4. The van der Waals surface area contributed by atoms with Gasteiger partial charge >= 0.3 is 10.2 Å². The predicted molar refractivity (Wildman–Crippen MR) is 229 cm³/mol. The van der Waals surface area contributed by atoms with Gasteiger partial charge in [0.2, 0.25) is 23.6 Å². The first-order valence-corrected chi connectivity index (χ1v) is 23.9. The molecule has 0 bridgehead atoms. The Bertz CT molecular complexity index is 1870. The minimum atomic E-state index is -4.14. The molecule has 7 rings (SSSR count). The van der Waals surface area contributed by atoms with Crippen molar-refractivity contribution in [2.24, 2.45) is 33.5 Å². The van der Waals surface area contributed by atoms with Gasteiger partial charge in [0.1, 0.15) is 23.7 Å². The van der Waals surface area contributed by atoms with Crippen LogP contribution in [0.25, 0.3) is 0 Å². The van der Waals surface area contributed by atoms with Gasteiger partial charge in [-0.1, -0.05) is 60.3 Å². The number of piperazine rings is 1. The standard InChI is InChI=1S/C43H69N9O7S/c1-39(2,3)34(46-36(55)33(29-14-9-8-10-15-29)45-32(53)27-50-22-20-49(7)21-23-50)37(56)52-28-42(40(4,5)41(42)16-13-17-41)25-31(52)35(54)47-43(24-30(43)26-44-6)38(57)48-60(58,59)51-18-11-12-19-51/h26,29-31,33-34H,6,8-25,27-28H2,1-5,7H3,(H3-,45,46,47,48,53,54,55,57)/p+1. The molecule has 334 valence electrons. The third-order valence-electron chi connectivity index (χ3n) is 16.2. The van der Waals surface area contributed by atoms with Gasteiger partial charge in [-0.2, -0.15) is 12.7 Å². The van der Waals surface area contributed by atoms with Crippen molar-refractivity contribution in [3.8, 4) is 0 Å². The molecule has 3 heterocycles. The Morgan fingerprint density at radius 1 is 0.867 bits per heavy atom. The topological polar surface area (TPSA) is 195 Å². The lowest BCUT2D eigenvalue weighted by Crippen LogP contribution is -2.63. The third-order valence-corrected chi connectivity index (χ3v) is 17.6. The molecule has 2 spiro atoms. The quantitative estimate of drug-likeness (QED) is 0.153. The molecule has 6 atom stereocenters. The van der Waals surface area contributed by atoms with E-state index in [0.29, 0.717) is 38.9 Å². The number of fused-ring (bicyclic) bond motifs is 1. The first-order chi connectivity index (χ1) is 28.2. The summed E-state index contributed by atoms with van der Waals surface area (Å²) < 4.78 is 33.8. The van der Waals surface area contributed by atoms with Crippen molar-refractivity contribution in [3.63, 3.8) is 0 Å². The lowest BCUT2D eigenvalue weighted by Gasteiger charge is -2.38. The van der Waals surface area contributed by atoms with Gasteiger partial charge in [0.15, 0.2) is 0 Å². The number of rotatable bonds is 13. The molecule has 60 heavy (non-hydrogen) atoms. The monoisotopic (exact) mass is 857 g/mol. The Hall–Kier alpha value is -3.37. The second kappa shape index (κ2) is 16.4. The van der Waals surface area contributed by atoms with E-state index in [1.54, 1.807) is 4.90 Å². The maximum Gasteiger partial charge on any atom is 0.303 e. The van der Waals surface area contributed by atoms with E-state index in [-0.39, 0.29) is 41.0 Å². The van der Waals surface area contributed by atoms with Crippen LogP contribution in [0.1, 0.15) is 112 Å². The van der Waals surface area contributed by atoms with Crippen molar-refractivity contribution in [1.29, 1.82) is 0 Å². The van der Waals surface area contributed by atoms with Crippen LogP contribution < -0.4 is 25.3 Å². The number of nitrogens with one attached hydrogen (secondary N) is 4. The number of carbonyl (C=O) groups excluding carboxylic acids is 5. The summed E-state index contributed by atoms with van der Waals surface area (Å²) >= 11 is 0. The molecule has 3 aliphatic heterocycles. The summed E-state index contributed by atoms with van der Waals surface area (Å²) in [4.78, 5) is 78.1. The van der Waals surface area contributed by atoms with E-state index >= 15 is 4.79 Å². The van der Waals surface area contributed by atoms with E-state index in [9.17, 15) is 27.6 Å². The Labute approximate surface area is 356 Å². The number of nitrogens with zero attached hydrogens (tertiary/aromatic N) is 5. The number of likely N-dealkylation sites (tertiary alicyclic amines) is 1. The highest BCUT2D eigenvalue weighted by Crippen LogP contribution is 2.88. The Kier molecular flexibility index (Phi) is 12.2. The van der Waals surface area contributed by atoms with Crippen LogP contribution in [0.2, 0.25) is 0 Å². The fourth-order valence-electron chi connectivity index (χ4n) is 12.0. The van der Waals surface area contributed by atoms with E-state index in [2.05, 4.69) is 62.8 Å². The van der Waals surface area contributed by atoms with Crippen molar-refractivity contribution >= 4 is 52.7 Å². The van der Waals surface area contributed by atoms with Gasteiger partial charge in [-0.05, 0) is 80.6 Å². The molecule has 4 aliphatic carbocycles.